The van der Waals surface area contributed by atoms with Crippen molar-refractivity contribution in [2.45, 2.75) is 26.7 Å². The fraction of sp³-hybridized carbons (Fsp3) is 0.208. The molecule has 1 aromatic carbocycles. The second-order valence-corrected chi connectivity index (χ2v) is 8.68. The molecule has 0 saturated heterocycles. The Labute approximate surface area is 190 Å². The van der Waals surface area contributed by atoms with Gasteiger partial charge in [-0.15, -0.1) is 11.3 Å². The van der Waals surface area contributed by atoms with Crippen molar-refractivity contribution in [2.75, 3.05) is 12.3 Å². The van der Waals surface area contributed by atoms with E-state index in [0.29, 0.717) is 42.0 Å². The van der Waals surface area contributed by atoms with Crippen LogP contribution in [-0.2, 0) is 6.42 Å². The summed E-state index contributed by atoms with van der Waals surface area (Å²) in [4.78, 5) is 14.1. The molecule has 0 saturated carbocycles. The number of amides is 1. The first kappa shape index (κ1) is 21.4. The molecular formula is C24H24N6OS. The van der Waals surface area contributed by atoms with Crippen LogP contribution in [0.4, 0.5) is 5.82 Å². The number of nitrogens with zero attached hydrogens (tertiary/aromatic N) is 4. The van der Waals surface area contributed by atoms with Crippen molar-refractivity contribution in [1.29, 1.82) is 5.26 Å². The molecule has 3 N–H and O–H groups in total. The number of aryl methyl sites for hydroxylation is 2. The highest BCUT2D eigenvalue weighted by Gasteiger charge is 2.21. The van der Waals surface area contributed by atoms with Crippen LogP contribution in [0, 0.1) is 25.2 Å². The predicted octanol–water partition coefficient (Wildman–Crippen LogP) is 4.16. The molecule has 0 unspecified atom stereocenters. The highest BCUT2D eigenvalue weighted by Crippen LogP contribution is 2.31. The summed E-state index contributed by atoms with van der Waals surface area (Å²) in [5.41, 5.74) is 9.70. The number of nitrogens with two attached hydrogens (primary N) is 1. The summed E-state index contributed by atoms with van der Waals surface area (Å²) < 4.78 is 3.56. The molecule has 32 heavy (non-hydrogen) atoms. The van der Waals surface area contributed by atoms with Crippen LogP contribution in [0.1, 0.15) is 38.5 Å². The van der Waals surface area contributed by atoms with Gasteiger partial charge in [-0.1, -0.05) is 18.2 Å². The number of nitriles is 1. The van der Waals surface area contributed by atoms with Crippen LogP contribution in [0.15, 0.2) is 54.9 Å². The lowest BCUT2D eigenvalue weighted by molar-refractivity contribution is 0.0953. The van der Waals surface area contributed by atoms with E-state index >= 15 is 0 Å². The lowest BCUT2D eigenvalue weighted by atomic mass is 10.1. The quantitative estimate of drug-likeness (QED) is 0.418. The smallest absolute Gasteiger partial charge is 0.254 e. The van der Waals surface area contributed by atoms with Crippen LogP contribution >= 0.6 is 11.3 Å². The summed E-state index contributed by atoms with van der Waals surface area (Å²) >= 11 is 1.61. The first-order valence-electron chi connectivity index (χ1n) is 10.4. The van der Waals surface area contributed by atoms with Gasteiger partial charge in [-0.25, -0.2) is 4.68 Å². The maximum atomic E-state index is 13.0. The molecule has 4 aromatic rings. The topological polar surface area (TPSA) is 102 Å². The molecule has 4 rings (SSSR count). The van der Waals surface area contributed by atoms with Crippen molar-refractivity contribution in [3.63, 3.8) is 0 Å². The Balaban J connectivity index is 1.44. The highest BCUT2D eigenvalue weighted by molar-refractivity contribution is 7.15. The standard InChI is InChI=1S/C24H24N6OS/c1-16-17(2)32-24(29-13-6-7-14-29)21(16)23(31)27-12-8-11-20-19(15-25)22(26)30(28-20)18-9-4-3-5-10-18/h3-7,9-10,13-14H,8,11-12,26H2,1-2H3,(H,27,31). The van der Waals surface area contributed by atoms with Gasteiger partial charge in [0.05, 0.1) is 16.9 Å². The van der Waals surface area contributed by atoms with Gasteiger partial charge in [0.15, 0.2) is 0 Å². The van der Waals surface area contributed by atoms with Crippen molar-refractivity contribution >= 4 is 23.1 Å². The maximum absolute atomic E-state index is 13.0. The van der Waals surface area contributed by atoms with Crippen LogP contribution in [0.25, 0.3) is 10.7 Å². The Morgan fingerprint density at radius 3 is 2.59 bits per heavy atom. The van der Waals surface area contributed by atoms with Gasteiger partial charge in [-0.3, -0.25) is 4.79 Å². The van der Waals surface area contributed by atoms with E-state index in [1.165, 1.54) is 0 Å². The monoisotopic (exact) mass is 444 g/mol. The molecule has 3 aromatic heterocycles. The number of carbonyl (C=O) groups excluding carboxylic acids is 1. The number of thiophene rings is 1. The Hall–Kier alpha value is -3.83. The molecule has 0 aliphatic carbocycles. The van der Waals surface area contributed by atoms with Gasteiger partial charge in [0.1, 0.15) is 22.5 Å². The molecule has 7 nitrogen and oxygen atoms in total. The minimum atomic E-state index is -0.0922. The molecule has 0 atom stereocenters. The van der Waals surface area contributed by atoms with Gasteiger partial charge >= 0.3 is 0 Å². The molecule has 0 bridgehead atoms. The number of hydrogen-bond donors (Lipinski definition) is 2. The van der Waals surface area contributed by atoms with Gasteiger partial charge in [0.25, 0.3) is 5.91 Å². The SMILES string of the molecule is Cc1sc(-n2cccc2)c(C(=O)NCCCc2nn(-c3ccccc3)c(N)c2C#N)c1C. The Bertz CT molecular complexity index is 1280. The third kappa shape index (κ3) is 4.03. The van der Waals surface area contributed by atoms with E-state index in [9.17, 15) is 10.1 Å². The maximum Gasteiger partial charge on any atom is 0.254 e. The van der Waals surface area contributed by atoms with E-state index in [4.69, 9.17) is 5.73 Å². The van der Waals surface area contributed by atoms with E-state index in [0.717, 1.165) is 21.1 Å². The van der Waals surface area contributed by atoms with Gasteiger partial charge < -0.3 is 15.6 Å². The van der Waals surface area contributed by atoms with Gasteiger partial charge in [-0.05, 0) is 56.5 Å². The average molecular weight is 445 g/mol. The van der Waals surface area contributed by atoms with Gasteiger partial charge in [0, 0.05) is 23.8 Å². The summed E-state index contributed by atoms with van der Waals surface area (Å²) in [6.07, 6.45) is 5.07. The van der Waals surface area contributed by atoms with E-state index < -0.39 is 0 Å². The lowest BCUT2D eigenvalue weighted by Crippen LogP contribution is -2.26. The van der Waals surface area contributed by atoms with Gasteiger partial charge in [0.2, 0.25) is 0 Å². The summed E-state index contributed by atoms with van der Waals surface area (Å²) in [6, 6.07) is 15.5. The number of benzene rings is 1. The number of nitrogen functional groups attached to an aromatic ring is 1. The highest BCUT2D eigenvalue weighted by atomic mass is 32.1. The molecule has 1 amide bonds. The van der Waals surface area contributed by atoms with Crippen molar-refractivity contribution in [3.05, 3.63) is 82.1 Å². The van der Waals surface area contributed by atoms with Crippen LogP contribution in [0.2, 0.25) is 0 Å². The first-order chi connectivity index (χ1) is 15.5. The molecule has 3 heterocycles. The molecule has 0 radical (unpaired) electrons. The molecule has 162 valence electrons. The van der Waals surface area contributed by atoms with E-state index in [1.54, 1.807) is 16.0 Å². The van der Waals surface area contributed by atoms with Gasteiger partial charge in [-0.2, -0.15) is 10.4 Å². The lowest BCUT2D eigenvalue weighted by Gasteiger charge is -2.08. The van der Waals surface area contributed by atoms with Crippen molar-refractivity contribution in [2.24, 2.45) is 0 Å². The number of anilines is 1. The van der Waals surface area contributed by atoms with Crippen LogP contribution < -0.4 is 11.1 Å². The number of nitrogens with one attached hydrogen (secondary N) is 1. The number of aromatic nitrogens is 3. The number of para-hydroxylation sites is 1. The van der Waals surface area contributed by atoms with Crippen LogP contribution in [0.5, 0.6) is 0 Å². The largest absolute Gasteiger partial charge is 0.382 e. The summed E-state index contributed by atoms with van der Waals surface area (Å²) in [6.45, 7) is 4.48. The molecular weight excluding hydrogens is 420 g/mol. The fourth-order valence-corrected chi connectivity index (χ4v) is 4.74. The third-order valence-corrected chi connectivity index (χ3v) is 6.64. The third-order valence-electron chi connectivity index (χ3n) is 5.41. The molecule has 0 aliphatic rings. The van der Waals surface area contributed by atoms with Crippen molar-refractivity contribution in [3.8, 4) is 16.8 Å². The Kier molecular flexibility index (Phi) is 6.10. The predicted molar refractivity (Wildman–Crippen MR) is 126 cm³/mol. The van der Waals surface area contributed by atoms with E-state index in [2.05, 4.69) is 16.5 Å². The zero-order valence-corrected chi connectivity index (χ0v) is 18.8. The summed E-state index contributed by atoms with van der Waals surface area (Å²) in [5.74, 6) is 0.240. The zero-order chi connectivity index (χ0) is 22.7. The second kappa shape index (κ2) is 9.12. The summed E-state index contributed by atoms with van der Waals surface area (Å²) in [5, 5.41) is 18.0. The minimum absolute atomic E-state index is 0.0922. The number of rotatable bonds is 7. The normalized spacial score (nSPS) is 10.8. The second-order valence-electron chi connectivity index (χ2n) is 7.48. The van der Waals surface area contributed by atoms with Crippen molar-refractivity contribution < 1.29 is 4.79 Å². The molecule has 0 spiro atoms. The van der Waals surface area contributed by atoms with E-state index in [1.807, 2.05) is 73.3 Å². The average Bonchev–Trinajstić information content (AvgIpc) is 3.51. The first-order valence-corrected chi connectivity index (χ1v) is 11.2. The minimum Gasteiger partial charge on any atom is -0.382 e. The number of carbonyl (C=O) groups is 1. The Morgan fingerprint density at radius 2 is 1.91 bits per heavy atom. The fourth-order valence-electron chi connectivity index (χ4n) is 3.62. The molecule has 8 heteroatoms. The van der Waals surface area contributed by atoms with Crippen molar-refractivity contribution in [1.82, 2.24) is 19.7 Å². The number of hydrogen-bond acceptors (Lipinski definition) is 5. The molecule has 0 aliphatic heterocycles. The summed E-state index contributed by atoms with van der Waals surface area (Å²) in [7, 11) is 0. The molecule has 0 fully saturated rings. The Morgan fingerprint density at radius 1 is 1.19 bits per heavy atom. The van der Waals surface area contributed by atoms with Crippen LogP contribution in [-0.4, -0.2) is 26.8 Å². The van der Waals surface area contributed by atoms with E-state index in [-0.39, 0.29) is 5.91 Å². The van der Waals surface area contributed by atoms with Crippen LogP contribution in [0.3, 0.4) is 0 Å². The zero-order valence-electron chi connectivity index (χ0n) is 18.0.